The number of halogens is 2. The lowest BCUT2D eigenvalue weighted by Gasteiger charge is -2.16. The van der Waals surface area contributed by atoms with Crippen molar-refractivity contribution in [2.24, 2.45) is 0 Å². The lowest BCUT2D eigenvalue weighted by atomic mass is 10.0. The van der Waals surface area contributed by atoms with Crippen LogP contribution in [0, 0.1) is 0 Å². The number of rotatable bonds is 3. The first-order chi connectivity index (χ1) is 9.72. The van der Waals surface area contributed by atoms with Crippen molar-refractivity contribution in [1.82, 2.24) is 9.97 Å². The fourth-order valence-corrected chi connectivity index (χ4v) is 2.11. The van der Waals surface area contributed by atoms with Crippen LogP contribution in [0.15, 0.2) is 30.6 Å². The molecule has 0 aliphatic carbocycles. The molecule has 0 aromatic carbocycles. The van der Waals surface area contributed by atoms with Gasteiger partial charge in [0.25, 0.3) is 0 Å². The molecule has 2 aromatic rings. The minimum Gasteiger partial charge on any atom is -0.477 e. The van der Waals surface area contributed by atoms with Crippen molar-refractivity contribution >= 4 is 0 Å². The largest absolute Gasteiger partial charge is 0.477 e. The molecule has 0 unspecified atom stereocenters. The van der Waals surface area contributed by atoms with E-state index in [1.807, 2.05) is 6.07 Å². The smallest absolute Gasteiger partial charge is 0.388 e. The van der Waals surface area contributed by atoms with Crippen LogP contribution >= 0.6 is 0 Å². The van der Waals surface area contributed by atoms with E-state index in [9.17, 15) is 8.78 Å². The Bertz CT molecular complexity index is 603. The van der Waals surface area contributed by atoms with Gasteiger partial charge in [-0.05, 0) is 25.0 Å². The molecule has 0 N–H and O–H groups in total. The lowest BCUT2D eigenvalue weighted by molar-refractivity contribution is -0.0528. The van der Waals surface area contributed by atoms with Gasteiger partial charge in [-0.1, -0.05) is 0 Å². The van der Waals surface area contributed by atoms with Crippen LogP contribution in [0.2, 0.25) is 0 Å². The summed E-state index contributed by atoms with van der Waals surface area (Å²) < 4.78 is 33.8. The summed E-state index contributed by atoms with van der Waals surface area (Å²) in [7, 11) is 0. The maximum Gasteiger partial charge on any atom is 0.388 e. The topological polar surface area (TPSA) is 44.2 Å². The minimum absolute atomic E-state index is 0.0991. The number of ether oxygens (including phenoxy) is 2. The zero-order valence-electron chi connectivity index (χ0n) is 10.6. The first-order valence-electron chi connectivity index (χ1n) is 6.25. The second kappa shape index (κ2) is 5.40. The predicted octanol–water partition coefficient (Wildman–Crippen LogP) is 3.07. The first kappa shape index (κ1) is 12.8. The Morgan fingerprint density at radius 1 is 1.15 bits per heavy atom. The molecule has 20 heavy (non-hydrogen) atoms. The summed E-state index contributed by atoms with van der Waals surface area (Å²) in [6, 6.07) is 5.08. The maximum atomic E-state index is 12.0. The van der Waals surface area contributed by atoms with Crippen molar-refractivity contribution < 1.29 is 18.3 Å². The van der Waals surface area contributed by atoms with Gasteiger partial charge in [0.05, 0.1) is 6.61 Å². The van der Waals surface area contributed by atoms with E-state index < -0.39 is 6.61 Å². The number of fused-ring (bicyclic) bond motifs is 1. The van der Waals surface area contributed by atoms with Gasteiger partial charge in [0.2, 0.25) is 11.8 Å². The number of aryl methyl sites for hydroxylation is 1. The Morgan fingerprint density at radius 2 is 2.00 bits per heavy atom. The molecule has 0 atom stereocenters. The maximum absolute atomic E-state index is 12.0. The van der Waals surface area contributed by atoms with E-state index in [0.29, 0.717) is 12.5 Å². The van der Waals surface area contributed by atoms with Crippen molar-refractivity contribution in [3.05, 3.63) is 36.2 Å². The van der Waals surface area contributed by atoms with Crippen LogP contribution in [-0.2, 0) is 6.42 Å². The van der Waals surface area contributed by atoms with Crippen molar-refractivity contribution in [3.63, 3.8) is 0 Å². The molecule has 0 saturated carbocycles. The Balaban J connectivity index is 1.85. The van der Waals surface area contributed by atoms with E-state index in [1.54, 1.807) is 12.3 Å². The van der Waals surface area contributed by atoms with E-state index in [4.69, 9.17) is 4.74 Å². The first-order valence-corrected chi connectivity index (χ1v) is 6.25. The zero-order chi connectivity index (χ0) is 13.9. The predicted molar refractivity (Wildman–Crippen MR) is 67.9 cm³/mol. The number of pyridine rings is 2. The van der Waals surface area contributed by atoms with Gasteiger partial charge >= 0.3 is 6.61 Å². The highest BCUT2D eigenvalue weighted by atomic mass is 19.3. The number of aromatic nitrogens is 2. The third-order valence-corrected chi connectivity index (χ3v) is 3.03. The highest BCUT2D eigenvalue weighted by Crippen LogP contribution is 2.28. The molecular formula is C14H12F2N2O2. The van der Waals surface area contributed by atoms with E-state index in [0.717, 1.165) is 29.5 Å². The molecule has 0 radical (unpaired) electrons. The zero-order valence-corrected chi connectivity index (χ0v) is 10.6. The average molecular weight is 278 g/mol. The van der Waals surface area contributed by atoms with Crippen LogP contribution in [0.5, 0.6) is 11.8 Å². The quantitative estimate of drug-likeness (QED) is 0.865. The van der Waals surface area contributed by atoms with E-state index >= 15 is 0 Å². The second-order valence-electron chi connectivity index (χ2n) is 4.40. The summed E-state index contributed by atoms with van der Waals surface area (Å²) in [5.41, 5.74) is 2.74. The third kappa shape index (κ3) is 2.68. The van der Waals surface area contributed by atoms with Crippen molar-refractivity contribution in [2.45, 2.75) is 19.5 Å². The molecule has 0 spiro atoms. The molecule has 0 bridgehead atoms. The molecule has 6 heteroatoms. The molecule has 0 amide bonds. The molecule has 4 nitrogen and oxygen atoms in total. The van der Waals surface area contributed by atoms with E-state index in [1.165, 1.54) is 12.3 Å². The standard InChI is InChI=1S/C14H12F2N2O2/c15-14(16)20-12-4-3-10(7-17-12)11-6-9-2-1-5-19-13(9)18-8-11/h3-4,6-8,14H,1-2,5H2. The molecular weight excluding hydrogens is 266 g/mol. The van der Waals surface area contributed by atoms with Crippen molar-refractivity contribution in [1.29, 1.82) is 0 Å². The normalized spacial score (nSPS) is 13.8. The Hall–Kier alpha value is -2.24. The molecule has 0 fully saturated rings. The van der Waals surface area contributed by atoms with Gasteiger partial charge in [-0.2, -0.15) is 8.78 Å². The van der Waals surface area contributed by atoms with E-state index in [-0.39, 0.29) is 5.88 Å². The molecule has 3 rings (SSSR count). The number of hydrogen-bond acceptors (Lipinski definition) is 4. The van der Waals surface area contributed by atoms with Crippen LogP contribution < -0.4 is 9.47 Å². The molecule has 2 aromatic heterocycles. The van der Waals surface area contributed by atoms with Crippen LogP contribution in [0.4, 0.5) is 8.78 Å². The Morgan fingerprint density at radius 3 is 2.75 bits per heavy atom. The summed E-state index contributed by atoms with van der Waals surface area (Å²) in [6.45, 7) is -2.17. The average Bonchev–Trinajstić information content (AvgIpc) is 2.47. The van der Waals surface area contributed by atoms with Crippen LogP contribution in [0.1, 0.15) is 12.0 Å². The van der Waals surface area contributed by atoms with Crippen LogP contribution in [0.3, 0.4) is 0 Å². The van der Waals surface area contributed by atoms with Gasteiger partial charge in [-0.15, -0.1) is 0 Å². The van der Waals surface area contributed by atoms with Crippen LogP contribution in [0.25, 0.3) is 11.1 Å². The number of nitrogens with zero attached hydrogens (tertiary/aromatic N) is 2. The number of hydrogen-bond donors (Lipinski definition) is 0. The fraction of sp³-hybridized carbons (Fsp3) is 0.286. The van der Waals surface area contributed by atoms with Gasteiger partial charge in [0.15, 0.2) is 0 Å². The van der Waals surface area contributed by atoms with Crippen molar-refractivity contribution in [3.8, 4) is 22.9 Å². The van der Waals surface area contributed by atoms with Gasteiger partial charge in [0.1, 0.15) is 0 Å². The lowest BCUT2D eigenvalue weighted by Crippen LogP contribution is -2.09. The fourth-order valence-electron chi connectivity index (χ4n) is 2.11. The van der Waals surface area contributed by atoms with Gasteiger partial charge in [-0.25, -0.2) is 9.97 Å². The van der Waals surface area contributed by atoms with Crippen LogP contribution in [-0.4, -0.2) is 23.2 Å². The van der Waals surface area contributed by atoms with Gasteiger partial charge in [0, 0.05) is 35.2 Å². The summed E-state index contributed by atoms with van der Waals surface area (Å²) in [6.07, 6.45) is 5.08. The highest BCUT2D eigenvalue weighted by Gasteiger charge is 2.13. The van der Waals surface area contributed by atoms with E-state index in [2.05, 4.69) is 14.7 Å². The molecule has 1 aliphatic rings. The van der Waals surface area contributed by atoms with Gasteiger partial charge < -0.3 is 9.47 Å². The Kier molecular flexibility index (Phi) is 3.45. The molecule has 1 aliphatic heterocycles. The second-order valence-corrected chi connectivity index (χ2v) is 4.40. The van der Waals surface area contributed by atoms with Crippen molar-refractivity contribution in [2.75, 3.05) is 6.61 Å². The summed E-state index contributed by atoms with van der Waals surface area (Å²) >= 11 is 0. The molecule has 0 saturated heterocycles. The Labute approximate surface area is 114 Å². The highest BCUT2D eigenvalue weighted by molar-refractivity contribution is 5.63. The molecule has 3 heterocycles. The number of alkyl halides is 2. The summed E-state index contributed by atoms with van der Waals surface area (Å²) in [4.78, 5) is 8.11. The summed E-state index contributed by atoms with van der Waals surface area (Å²) in [5.74, 6) is 0.573. The molecule has 104 valence electrons. The monoisotopic (exact) mass is 278 g/mol. The summed E-state index contributed by atoms with van der Waals surface area (Å²) in [5, 5.41) is 0. The minimum atomic E-state index is -2.86. The third-order valence-electron chi connectivity index (χ3n) is 3.03. The SMILES string of the molecule is FC(F)Oc1ccc(-c2cnc3c(c2)CCCO3)cn1. The van der Waals surface area contributed by atoms with Gasteiger partial charge in [-0.3, -0.25) is 0 Å².